The van der Waals surface area contributed by atoms with Crippen LogP contribution in [0.15, 0.2) is 41.8 Å². The van der Waals surface area contributed by atoms with Gasteiger partial charge < -0.3 is 10.1 Å². The maximum absolute atomic E-state index is 12.3. The molecule has 0 radical (unpaired) electrons. The summed E-state index contributed by atoms with van der Waals surface area (Å²) in [6.07, 6.45) is -0.0626. The fraction of sp³-hybridized carbons (Fsp3) is 0.333. The molecule has 0 aliphatic heterocycles. The molecule has 0 saturated heterocycles. The second kappa shape index (κ2) is 7.92. The van der Waals surface area contributed by atoms with E-state index < -0.39 is 6.04 Å². The fourth-order valence-corrected chi connectivity index (χ4v) is 2.79. The van der Waals surface area contributed by atoms with Crippen LogP contribution in [0.4, 0.5) is 0 Å². The molecule has 0 aliphatic carbocycles. The largest absolute Gasteiger partial charge is 0.463 e. The molecular weight excluding hydrogens is 310 g/mol. The number of carbonyl (C=O) groups excluding carboxylic acids is 2. The maximum Gasteiger partial charge on any atom is 0.308 e. The summed E-state index contributed by atoms with van der Waals surface area (Å²) in [6, 6.07) is 11.0. The van der Waals surface area contributed by atoms with Crippen molar-refractivity contribution in [3.8, 4) is 0 Å². The van der Waals surface area contributed by atoms with Gasteiger partial charge in [-0.05, 0) is 37.8 Å². The van der Waals surface area contributed by atoms with E-state index in [2.05, 4.69) is 5.32 Å². The number of amides is 1. The highest BCUT2D eigenvalue weighted by Crippen LogP contribution is 2.20. The Morgan fingerprint density at radius 1 is 1.17 bits per heavy atom. The summed E-state index contributed by atoms with van der Waals surface area (Å²) in [7, 11) is 0. The van der Waals surface area contributed by atoms with Gasteiger partial charge in [-0.3, -0.25) is 9.59 Å². The Labute approximate surface area is 140 Å². The predicted octanol–water partition coefficient (Wildman–Crippen LogP) is 3.87. The van der Waals surface area contributed by atoms with Crippen molar-refractivity contribution in [1.82, 2.24) is 5.32 Å². The third-order valence-corrected chi connectivity index (χ3v) is 4.14. The first-order chi connectivity index (χ1) is 11.0. The minimum Gasteiger partial charge on any atom is -0.463 e. The van der Waals surface area contributed by atoms with Gasteiger partial charge in [0.05, 0.1) is 23.4 Å². The van der Waals surface area contributed by atoms with Crippen LogP contribution in [0.2, 0.25) is 0 Å². The summed E-state index contributed by atoms with van der Waals surface area (Å²) in [5.41, 5.74) is 2.02. The van der Waals surface area contributed by atoms with Crippen molar-refractivity contribution in [2.45, 2.75) is 39.3 Å². The zero-order chi connectivity index (χ0) is 16.8. The van der Waals surface area contributed by atoms with E-state index in [9.17, 15) is 9.59 Å². The molecule has 1 unspecified atom stereocenters. The predicted molar refractivity (Wildman–Crippen MR) is 91.6 cm³/mol. The Morgan fingerprint density at radius 3 is 2.43 bits per heavy atom. The third-order valence-electron chi connectivity index (χ3n) is 3.27. The van der Waals surface area contributed by atoms with Crippen LogP contribution in [0.25, 0.3) is 0 Å². The van der Waals surface area contributed by atoms with Gasteiger partial charge in [0.2, 0.25) is 0 Å². The summed E-state index contributed by atoms with van der Waals surface area (Å²) in [5.74, 6) is -0.500. The van der Waals surface area contributed by atoms with Crippen molar-refractivity contribution in [1.29, 1.82) is 0 Å². The summed E-state index contributed by atoms with van der Waals surface area (Å²) in [4.78, 5) is 24.9. The molecule has 1 heterocycles. The molecule has 1 amide bonds. The average molecular weight is 331 g/mol. The lowest BCUT2D eigenvalue weighted by Gasteiger charge is -2.19. The topological polar surface area (TPSA) is 55.4 Å². The van der Waals surface area contributed by atoms with Crippen LogP contribution in [0.3, 0.4) is 0 Å². The standard InChI is InChI=1S/C18H21NO3S/c1-12(2)22-17(20)11-15(14-8-6-13(3)7-9-14)19-18(21)16-5-4-10-23-16/h4-10,12,15H,11H2,1-3H3,(H,19,21). The lowest BCUT2D eigenvalue weighted by molar-refractivity contribution is -0.147. The van der Waals surface area contributed by atoms with E-state index in [0.29, 0.717) is 4.88 Å². The highest BCUT2D eigenvalue weighted by Gasteiger charge is 2.21. The zero-order valence-corrected chi connectivity index (χ0v) is 14.4. The van der Waals surface area contributed by atoms with Crippen molar-refractivity contribution in [3.05, 3.63) is 57.8 Å². The van der Waals surface area contributed by atoms with Crippen molar-refractivity contribution in [3.63, 3.8) is 0 Å². The van der Waals surface area contributed by atoms with Gasteiger partial charge in [0, 0.05) is 0 Å². The van der Waals surface area contributed by atoms with Crippen molar-refractivity contribution < 1.29 is 14.3 Å². The molecule has 2 aromatic rings. The molecule has 2 rings (SSSR count). The molecule has 122 valence electrons. The number of rotatable bonds is 6. The molecule has 23 heavy (non-hydrogen) atoms. The van der Waals surface area contributed by atoms with Gasteiger partial charge in [0.25, 0.3) is 5.91 Å². The van der Waals surface area contributed by atoms with E-state index in [1.165, 1.54) is 11.3 Å². The van der Waals surface area contributed by atoms with Crippen LogP contribution < -0.4 is 5.32 Å². The molecule has 4 nitrogen and oxygen atoms in total. The Bertz CT molecular complexity index is 647. The van der Waals surface area contributed by atoms with E-state index in [0.717, 1.165) is 11.1 Å². The monoisotopic (exact) mass is 331 g/mol. The second-order valence-corrected chi connectivity index (χ2v) is 6.60. The number of ether oxygens (including phenoxy) is 1. The van der Waals surface area contributed by atoms with Gasteiger partial charge in [-0.15, -0.1) is 11.3 Å². The molecule has 0 fully saturated rings. The van der Waals surface area contributed by atoms with E-state index >= 15 is 0 Å². The number of thiophene rings is 1. The van der Waals surface area contributed by atoms with Gasteiger partial charge in [0.1, 0.15) is 0 Å². The summed E-state index contributed by atoms with van der Waals surface area (Å²) < 4.78 is 5.21. The molecule has 0 aliphatic rings. The number of benzene rings is 1. The van der Waals surface area contributed by atoms with Crippen LogP contribution in [0.5, 0.6) is 0 Å². The Balaban J connectivity index is 2.15. The summed E-state index contributed by atoms with van der Waals surface area (Å²) >= 11 is 1.37. The number of hydrogen-bond donors (Lipinski definition) is 1. The second-order valence-electron chi connectivity index (χ2n) is 5.66. The fourth-order valence-electron chi connectivity index (χ4n) is 2.17. The SMILES string of the molecule is Cc1ccc(C(CC(=O)OC(C)C)NC(=O)c2cccs2)cc1. The minimum atomic E-state index is -0.406. The third kappa shape index (κ3) is 5.21. The average Bonchev–Trinajstić information content (AvgIpc) is 3.00. The molecule has 0 bridgehead atoms. The van der Waals surface area contributed by atoms with Gasteiger partial charge in [-0.2, -0.15) is 0 Å². The first-order valence-electron chi connectivity index (χ1n) is 7.56. The quantitative estimate of drug-likeness (QED) is 0.818. The smallest absolute Gasteiger partial charge is 0.308 e. The van der Waals surface area contributed by atoms with Gasteiger partial charge in [-0.1, -0.05) is 35.9 Å². The molecule has 1 aromatic heterocycles. The van der Waals surface area contributed by atoms with Crippen LogP contribution >= 0.6 is 11.3 Å². The number of hydrogen-bond acceptors (Lipinski definition) is 4. The Morgan fingerprint density at radius 2 is 1.87 bits per heavy atom. The molecule has 5 heteroatoms. The van der Waals surface area contributed by atoms with Crippen molar-refractivity contribution >= 4 is 23.2 Å². The van der Waals surface area contributed by atoms with Crippen LogP contribution in [0.1, 0.15) is 47.1 Å². The normalized spacial score (nSPS) is 12.0. The van der Waals surface area contributed by atoms with E-state index in [1.54, 1.807) is 6.07 Å². The van der Waals surface area contributed by atoms with E-state index in [-0.39, 0.29) is 24.4 Å². The van der Waals surface area contributed by atoms with E-state index in [4.69, 9.17) is 4.74 Å². The number of esters is 1. The number of aryl methyl sites for hydroxylation is 1. The molecule has 0 saturated carbocycles. The number of carbonyl (C=O) groups is 2. The van der Waals surface area contributed by atoms with Gasteiger partial charge in [-0.25, -0.2) is 0 Å². The zero-order valence-electron chi connectivity index (χ0n) is 13.5. The molecule has 1 N–H and O–H groups in total. The lowest BCUT2D eigenvalue weighted by atomic mass is 10.0. The maximum atomic E-state index is 12.3. The summed E-state index contributed by atoms with van der Waals surface area (Å²) in [6.45, 7) is 5.61. The van der Waals surface area contributed by atoms with Crippen LogP contribution in [-0.2, 0) is 9.53 Å². The highest BCUT2D eigenvalue weighted by molar-refractivity contribution is 7.12. The van der Waals surface area contributed by atoms with Gasteiger partial charge >= 0.3 is 5.97 Å². The van der Waals surface area contributed by atoms with Crippen LogP contribution in [0, 0.1) is 6.92 Å². The Kier molecular flexibility index (Phi) is 5.93. The molecule has 1 aromatic carbocycles. The van der Waals surface area contributed by atoms with Crippen LogP contribution in [-0.4, -0.2) is 18.0 Å². The lowest BCUT2D eigenvalue weighted by Crippen LogP contribution is -2.30. The van der Waals surface area contributed by atoms with Gasteiger partial charge in [0.15, 0.2) is 0 Å². The first kappa shape index (κ1) is 17.2. The highest BCUT2D eigenvalue weighted by atomic mass is 32.1. The molecular formula is C18H21NO3S. The first-order valence-corrected chi connectivity index (χ1v) is 8.44. The number of nitrogens with one attached hydrogen (secondary N) is 1. The van der Waals surface area contributed by atoms with Crippen molar-refractivity contribution in [2.24, 2.45) is 0 Å². The van der Waals surface area contributed by atoms with E-state index in [1.807, 2.05) is 56.5 Å². The Hall–Kier alpha value is -2.14. The summed E-state index contributed by atoms with van der Waals surface area (Å²) in [5, 5.41) is 4.78. The minimum absolute atomic E-state index is 0.109. The molecule has 0 spiro atoms. The molecule has 1 atom stereocenters. The van der Waals surface area contributed by atoms with Crippen molar-refractivity contribution in [2.75, 3.05) is 0 Å².